The lowest BCUT2D eigenvalue weighted by Gasteiger charge is -2.11. The molecule has 0 radical (unpaired) electrons. The van der Waals surface area contributed by atoms with Crippen molar-refractivity contribution in [3.63, 3.8) is 0 Å². The summed E-state index contributed by atoms with van der Waals surface area (Å²) < 4.78 is 5.21. The molecule has 0 heterocycles. The van der Waals surface area contributed by atoms with Crippen LogP contribution in [-0.2, 0) is 0 Å². The van der Waals surface area contributed by atoms with Gasteiger partial charge in [-0.2, -0.15) is 0 Å². The van der Waals surface area contributed by atoms with Crippen molar-refractivity contribution < 1.29 is 9.53 Å². The van der Waals surface area contributed by atoms with Gasteiger partial charge in [-0.05, 0) is 37.5 Å². The predicted molar refractivity (Wildman–Crippen MR) is 78.5 cm³/mol. The second kappa shape index (κ2) is 6.83. The monoisotopic (exact) mass is 262 g/mol. The Balaban J connectivity index is 2.72. The first kappa shape index (κ1) is 15.1. The number of ether oxygens (including phenoxy) is 1. The summed E-state index contributed by atoms with van der Waals surface area (Å²) in [5, 5.41) is 5.49. The molecule has 0 bridgehead atoms. The molecule has 0 aliphatic carbocycles. The van der Waals surface area contributed by atoms with Crippen LogP contribution in [0.5, 0.6) is 5.75 Å². The zero-order chi connectivity index (χ0) is 14.4. The first-order valence-corrected chi connectivity index (χ1v) is 6.33. The summed E-state index contributed by atoms with van der Waals surface area (Å²) in [5.74, 6) is 1.05. The normalized spacial score (nSPS) is 11.4. The fraction of sp³-hybridized carbons (Fsp3) is 0.400. The van der Waals surface area contributed by atoms with Gasteiger partial charge in [0.25, 0.3) is 0 Å². The van der Waals surface area contributed by atoms with E-state index in [9.17, 15) is 4.79 Å². The number of anilines is 1. The second-order valence-corrected chi connectivity index (χ2v) is 4.85. The summed E-state index contributed by atoms with van der Waals surface area (Å²) in [6.07, 6.45) is 1.72. The van der Waals surface area contributed by atoms with Gasteiger partial charge in [0, 0.05) is 6.20 Å². The van der Waals surface area contributed by atoms with Gasteiger partial charge in [0.1, 0.15) is 5.75 Å². The van der Waals surface area contributed by atoms with Crippen LogP contribution in [-0.4, -0.2) is 13.1 Å². The van der Waals surface area contributed by atoms with Crippen LogP contribution in [0.4, 0.5) is 10.5 Å². The van der Waals surface area contributed by atoms with Crippen molar-refractivity contribution in [2.45, 2.75) is 27.7 Å². The lowest BCUT2D eigenvalue weighted by molar-refractivity contribution is 0.255. The summed E-state index contributed by atoms with van der Waals surface area (Å²) >= 11 is 0. The van der Waals surface area contributed by atoms with Crippen LogP contribution < -0.4 is 15.4 Å². The molecule has 1 rings (SSSR count). The Bertz CT molecular complexity index is 479. The van der Waals surface area contributed by atoms with Crippen LogP contribution in [0.15, 0.2) is 30.0 Å². The fourth-order valence-corrected chi connectivity index (χ4v) is 1.42. The van der Waals surface area contributed by atoms with E-state index in [1.54, 1.807) is 13.3 Å². The topological polar surface area (TPSA) is 50.4 Å². The molecular formula is C15H22N2O2. The molecule has 0 atom stereocenters. The maximum Gasteiger partial charge on any atom is 0.323 e. The van der Waals surface area contributed by atoms with Gasteiger partial charge < -0.3 is 15.4 Å². The summed E-state index contributed by atoms with van der Waals surface area (Å²) in [4.78, 5) is 11.8. The Morgan fingerprint density at radius 3 is 2.63 bits per heavy atom. The first-order chi connectivity index (χ1) is 8.93. The summed E-state index contributed by atoms with van der Waals surface area (Å²) in [7, 11) is 1.58. The molecule has 0 aromatic heterocycles. The number of amides is 2. The highest BCUT2D eigenvalue weighted by molar-refractivity contribution is 5.91. The lowest BCUT2D eigenvalue weighted by Crippen LogP contribution is -2.24. The van der Waals surface area contributed by atoms with Gasteiger partial charge in [0.15, 0.2) is 0 Å². The van der Waals surface area contributed by atoms with Crippen molar-refractivity contribution in [3.05, 3.63) is 35.5 Å². The number of urea groups is 1. The van der Waals surface area contributed by atoms with Gasteiger partial charge in [0.2, 0.25) is 0 Å². The number of carbonyl (C=O) groups is 1. The van der Waals surface area contributed by atoms with E-state index >= 15 is 0 Å². The highest BCUT2D eigenvalue weighted by Gasteiger charge is 2.06. The molecule has 4 nitrogen and oxygen atoms in total. The van der Waals surface area contributed by atoms with E-state index in [1.165, 1.54) is 0 Å². The molecule has 0 saturated heterocycles. The van der Waals surface area contributed by atoms with Crippen molar-refractivity contribution in [1.29, 1.82) is 0 Å². The fourth-order valence-electron chi connectivity index (χ4n) is 1.42. The Morgan fingerprint density at radius 2 is 2.05 bits per heavy atom. The zero-order valence-corrected chi connectivity index (χ0v) is 12.2. The second-order valence-electron chi connectivity index (χ2n) is 4.85. The van der Waals surface area contributed by atoms with E-state index in [1.807, 2.05) is 32.0 Å². The highest BCUT2D eigenvalue weighted by Crippen LogP contribution is 2.24. The number of methoxy groups -OCH3 is 1. The van der Waals surface area contributed by atoms with Gasteiger partial charge in [-0.15, -0.1) is 0 Å². The van der Waals surface area contributed by atoms with E-state index in [-0.39, 0.29) is 6.03 Å². The molecule has 0 fully saturated rings. The molecule has 104 valence electrons. The van der Waals surface area contributed by atoms with E-state index in [0.29, 0.717) is 17.4 Å². The molecule has 0 aliphatic heterocycles. The Kier molecular flexibility index (Phi) is 5.42. The minimum atomic E-state index is -0.274. The molecular weight excluding hydrogens is 240 g/mol. The maximum atomic E-state index is 11.8. The van der Waals surface area contributed by atoms with E-state index < -0.39 is 0 Å². The van der Waals surface area contributed by atoms with Crippen molar-refractivity contribution in [2.24, 2.45) is 5.92 Å². The largest absolute Gasteiger partial charge is 0.495 e. The van der Waals surface area contributed by atoms with Crippen LogP contribution in [0.1, 0.15) is 26.3 Å². The Labute approximate surface area is 114 Å². The number of aryl methyl sites for hydroxylation is 1. The van der Waals surface area contributed by atoms with Gasteiger partial charge in [0.05, 0.1) is 12.8 Å². The molecule has 2 N–H and O–H groups in total. The average Bonchev–Trinajstić information content (AvgIpc) is 2.36. The maximum absolute atomic E-state index is 11.8. The standard InChI is InChI=1S/C15H22N2O2/c1-10(2)12(4)9-16-15(18)17-13-8-11(3)6-7-14(13)19-5/h6-10H,1-5H3,(H2,16,17,18)/b12-9+. The lowest BCUT2D eigenvalue weighted by atomic mass is 10.1. The van der Waals surface area contributed by atoms with Crippen LogP contribution in [0.25, 0.3) is 0 Å². The number of benzene rings is 1. The van der Waals surface area contributed by atoms with E-state index in [0.717, 1.165) is 11.1 Å². The predicted octanol–water partition coefficient (Wildman–Crippen LogP) is 3.68. The quantitative estimate of drug-likeness (QED) is 0.869. The zero-order valence-electron chi connectivity index (χ0n) is 12.2. The summed E-state index contributed by atoms with van der Waals surface area (Å²) in [6.45, 7) is 8.10. The summed E-state index contributed by atoms with van der Waals surface area (Å²) in [5.41, 5.74) is 2.84. The van der Waals surface area contributed by atoms with Crippen LogP contribution in [0, 0.1) is 12.8 Å². The number of hydrogen-bond donors (Lipinski definition) is 2. The third kappa shape index (κ3) is 4.66. The van der Waals surface area contributed by atoms with Crippen LogP contribution in [0.3, 0.4) is 0 Å². The van der Waals surface area contributed by atoms with Crippen molar-refractivity contribution in [1.82, 2.24) is 5.32 Å². The number of carbonyl (C=O) groups excluding carboxylic acids is 1. The third-order valence-corrected chi connectivity index (χ3v) is 2.94. The van der Waals surface area contributed by atoms with Gasteiger partial charge in [-0.1, -0.05) is 25.5 Å². The number of rotatable bonds is 4. The van der Waals surface area contributed by atoms with E-state index in [4.69, 9.17) is 4.74 Å². The number of hydrogen-bond acceptors (Lipinski definition) is 2. The average molecular weight is 262 g/mol. The summed E-state index contributed by atoms with van der Waals surface area (Å²) in [6, 6.07) is 5.37. The molecule has 1 aromatic rings. The molecule has 0 unspecified atom stereocenters. The number of nitrogens with one attached hydrogen (secondary N) is 2. The van der Waals surface area contributed by atoms with Gasteiger partial charge >= 0.3 is 6.03 Å². The van der Waals surface area contributed by atoms with Crippen LogP contribution in [0.2, 0.25) is 0 Å². The molecule has 0 saturated carbocycles. The molecule has 0 aliphatic rings. The Hall–Kier alpha value is -1.97. The molecule has 0 spiro atoms. The molecule has 1 aromatic carbocycles. The van der Waals surface area contributed by atoms with Gasteiger partial charge in [-0.25, -0.2) is 4.79 Å². The molecule has 2 amide bonds. The van der Waals surface area contributed by atoms with Gasteiger partial charge in [-0.3, -0.25) is 0 Å². The molecule has 19 heavy (non-hydrogen) atoms. The van der Waals surface area contributed by atoms with Crippen molar-refractivity contribution in [3.8, 4) is 5.75 Å². The van der Waals surface area contributed by atoms with Crippen molar-refractivity contribution >= 4 is 11.7 Å². The smallest absolute Gasteiger partial charge is 0.323 e. The third-order valence-electron chi connectivity index (χ3n) is 2.94. The van der Waals surface area contributed by atoms with E-state index in [2.05, 4.69) is 24.5 Å². The van der Waals surface area contributed by atoms with Crippen molar-refractivity contribution in [2.75, 3.05) is 12.4 Å². The Morgan fingerprint density at radius 1 is 1.37 bits per heavy atom. The minimum absolute atomic E-state index is 0.274. The SMILES string of the molecule is COc1ccc(C)cc1NC(=O)N/C=C(\C)C(C)C. The highest BCUT2D eigenvalue weighted by atomic mass is 16.5. The van der Waals surface area contributed by atoms with Crippen LogP contribution >= 0.6 is 0 Å². The minimum Gasteiger partial charge on any atom is -0.495 e. The first-order valence-electron chi connectivity index (χ1n) is 6.33. The molecule has 4 heteroatoms. The number of allylic oxidation sites excluding steroid dienone is 1.